The zero-order chi connectivity index (χ0) is 8.85. The molecule has 0 radical (unpaired) electrons. The Hall–Kier alpha value is -0.613. The van der Waals surface area contributed by atoms with Crippen LogP contribution < -0.4 is 0 Å². The molecule has 0 rings (SSSR count). The van der Waals surface area contributed by atoms with Crippen molar-refractivity contribution in [1.29, 1.82) is 0 Å². The molecule has 1 atom stereocenters. The highest BCUT2D eigenvalue weighted by atomic mass is 28.3. The molecule has 0 aliphatic rings. The van der Waals surface area contributed by atoms with Gasteiger partial charge in [-0.3, -0.25) is 0 Å². The van der Waals surface area contributed by atoms with Gasteiger partial charge in [-0.15, -0.1) is 0 Å². The average molecular weight is 174 g/mol. The Morgan fingerprint density at radius 2 is 2.27 bits per heavy atom. The van der Waals surface area contributed by atoms with E-state index in [9.17, 15) is 4.79 Å². The van der Waals surface area contributed by atoms with Gasteiger partial charge in [-0.25, -0.2) is 4.79 Å². The second-order valence-corrected chi connectivity index (χ2v) is 4.15. The van der Waals surface area contributed by atoms with Gasteiger partial charge in [-0.05, 0) is 13.0 Å². The summed E-state index contributed by atoms with van der Waals surface area (Å²) in [6.07, 6.45) is 0.844. The maximum Gasteiger partial charge on any atom is 0.383 e. The first-order valence-electron chi connectivity index (χ1n) is 3.62. The second kappa shape index (κ2) is 5.09. The predicted molar refractivity (Wildman–Crippen MR) is 45.4 cm³/mol. The molecule has 0 heterocycles. The van der Waals surface area contributed by atoms with Crippen molar-refractivity contribution in [2.75, 3.05) is 0 Å². The smallest absolute Gasteiger partial charge is 0.383 e. The third kappa shape index (κ3) is 4.75. The van der Waals surface area contributed by atoms with E-state index >= 15 is 0 Å². The van der Waals surface area contributed by atoms with Crippen molar-refractivity contribution in [3.05, 3.63) is 12.2 Å². The third-order valence-electron chi connectivity index (χ3n) is 1.13. The quantitative estimate of drug-likeness (QED) is 0.505. The van der Waals surface area contributed by atoms with E-state index in [0.29, 0.717) is 11.6 Å². The summed E-state index contributed by atoms with van der Waals surface area (Å²) in [7, 11) is -2.23. The van der Waals surface area contributed by atoms with Crippen molar-refractivity contribution in [3.8, 4) is 0 Å². The molecule has 3 nitrogen and oxygen atoms in total. The molecule has 0 bridgehead atoms. The zero-order valence-electron chi connectivity index (χ0n) is 6.96. The van der Waals surface area contributed by atoms with Crippen LogP contribution >= 0.6 is 0 Å². The van der Waals surface area contributed by atoms with E-state index in [-0.39, 0.29) is 0 Å². The lowest BCUT2D eigenvalue weighted by Crippen LogP contribution is -2.22. The van der Waals surface area contributed by atoms with E-state index in [1.54, 1.807) is 6.92 Å². The van der Waals surface area contributed by atoms with Crippen LogP contribution in [0.1, 0.15) is 20.3 Å². The van der Waals surface area contributed by atoms with Gasteiger partial charge in [0.05, 0.1) is 0 Å². The minimum Gasteiger partial charge on any atom is -0.493 e. The Bertz CT molecular complexity index is 156. The van der Waals surface area contributed by atoms with Crippen LogP contribution in [0.15, 0.2) is 12.2 Å². The highest BCUT2D eigenvalue weighted by molar-refractivity contribution is 6.45. The van der Waals surface area contributed by atoms with E-state index in [1.807, 2.05) is 6.92 Å². The van der Waals surface area contributed by atoms with Crippen molar-refractivity contribution in [1.82, 2.24) is 0 Å². The maximum absolute atomic E-state index is 10.8. The van der Waals surface area contributed by atoms with Gasteiger partial charge in [0.2, 0.25) is 0 Å². The Morgan fingerprint density at radius 3 is 2.64 bits per heavy atom. The summed E-state index contributed by atoms with van der Waals surface area (Å²) in [6.45, 7) is 6.91. The van der Waals surface area contributed by atoms with Crippen molar-refractivity contribution in [2.24, 2.45) is 0 Å². The van der Waals surface area contributed by atoms with Crippen LogP contribution in [-0.2, 0) is 9.22 Å². The molecule has 0 aromatic carbocycles. The van der Waals surface area contributed by atoms with Gasteiger partial charge in [0.1, 0.15) is 0 Å². The molecule has 11 heavy (non-hydrogen) atoms. The van der Waals surface area contributed by atoms with Gasteiger partial charge >= 0.3 is 15.3 Å². The number of carbonyl (C=O) groups excluding carboxylic acids is 1. The van der Waals surface area contributed by atoms with E-state index < -0.39 is 15.3 Å². The van der Waals surface area contributed by atoms with Gasteiger partial charge in [0.15, 0.2) is 0 Å². The van der Waals surface area contributed by atoms with Crippen LogP contribution in [0.3, 0.4) is 0 Å². The van der Waals surface area contributed by atoms with Crippen LogP contribution in [0.2, 0.25) is 6.04 Å². The Kier molecular flexibility index (Phi) is 4.81. The van der Waals surface area contributed by atoms with Crippen LogP contribution in [0, 0.1) is 0 Å². The molecular formula is C7H14O3Si. The molecule has 1 N–H and O–H groups in total. The minimum absolute atomic E-state index is 0.340. The number of hydrogen-bond donors (Lipinski definition) is 1. The van der Waals surface area contributed by atoms with E-state index in [0.717, 1.165) is 6.42 Å². The topological polar surface area (TPSA) is 46.5 Å². The number of carbonyl (C=O) groups is 1. The molecule has 0 aromatic heterocycles. The van der Waals surface area contributed by atoms with Gasteiger partial charge in [-0.2, -0.15) is 0 Å². The Balaban J connectivity index is 3.66. The van der Waals surface area contributed by atoms with Gasteiger partial charge < -0.3 is 9.22 Å². The lowest BCUT2D eigenvalue weighted by Gasteiger charge is -2.08. The molecule has 0 amide bonds. The molecule has 64 valence electrons. The first kappa shape index (κ1) is 10.4. The molecule has 1 unspecified atom stereocenters. The molecule has 4 heteroatoms. The maximum atomic E-state index is 10.8. The SMILES string of the molecule is C=C(C)C(=O)O[SiH](O)CCC. The average Bonchev–Trinajstić information content (AvgIpc) is 1.87. The van der Waals surface area contributed by atoms with Crippen LogP contribution in [0.5, 0.6) is 0 Å². The molecule has 0 aromatic rings. The van der Waals surface area contributed by atoms with E-state index in [2.05, 4.69) is 6.58 Å². The summed E-state index contributed by atoms with van der Waals surface area (Å²) in [5.74, 6) is -0.474. The van der Waals surface area contributed by atoms with Crippen molar-refractivity contribution in [3.63, 3.8) is 0 Å². The lowest BCUT2D eigenvalue weighted by molar-refractivity contribution is -0.131. The molecule has 0 saturated carbocycles. The fourth-order valence-corrected chi connectivity index (χ4v) is 1.59. The number of hydrogen-bond acceptors (Lipinski definition) is 3. The van der Waals surface area contributed by atoms with Crippen LogP contribution in [-0.4, -0.2) is 20.0 Å². The van der Waals surface area contributed by atoms with Gasteiger partial charge in [0, 0.05) is 5.57 Å². The Labute approximate surface area is 68.5 Å². The first-order chi connectivity index (χ1) is 5.07. The largest absolute Gasteiger partial charge is 0.493 e. The Morgan fingerprint density at radius 1 is 1.73 bits per heavy atom. The normalized spacial score (nSPS) is 12.3. The first-order valence-corrected chi connectivity index (χ1v) is 5.43. The molecule has 0 fully saturated rings. The van der Waals surface area contributed by atoms with Crippen LogP contribution in [0.4, 0.5) is 0 Å². The standard InChI is InChI=1S/C7H14O3Si/c1-4-5-11(9)10-7(8)6(2)3/h9,11H,2,4-5H2,1,3H3. The fourth-order valence-electron chi connectivity index (χ4n) is 0.530. The molecule has 0 aliphatic carbocycles. The van der Waals surface area contributed by atoms with Gasteiger partial charge in [0.25, 0.3) is 0 Å². The van der Waals surface area contributed by atoms with Gasteiger partial charge in [-0.1, -0.05) is 19.9 Å². The van der Waals surface area contributed by atoms with E-state index in [1.165, 1.54) is 0 Å². The van der Waals surface area contributed by atoms with Crippen molar-refractivity contribution >= 4 is 15.3 Å². The summed E-state index contributed by atoms with van der Waals surface area (Å²) in [6, 6.07) is 0.610. The summed E-state index contributed by atoms with van der Waals surface area (Å²) in [4.78, 5) is 19.9. The monoisotopic (exact) mass is 174 g/mol. The van der Waals surface area contributed by atoms with Crippen LogP contribution in [0.25, 0.3) is 0 Å². The lowest BCUT2D eigenvalue weighted by atomic mass is 10.4. The minimum atomic E-state index is -2.23. The molecular weight excluding hydrogens is 160 g/mol. The summed E-state index contributed by atoms with van der Waals surface area (Å²) in [5, 5.41) is 0. The highest BCUT2D eigenvalue weighted by Crippen LogP contribution is 1.99. The molecule has 0 saturated heterocycles. The zero-order valence-corrected chi connectivity index (χ0v) is 8.12. The number of rotatable bonds is 4. The van der Waals surface area contributed by atoms with Crippen molar-refractivity contribution < 1.29 is 14.0 Å². The van der Waals surface area contributed by atoms with E-state index in [4.69, 9.17) is 9.22 Å². The predicted octanol–water partition coefficient (Wildman–Crippen LogP) is 0.728. The highest BCUT2D eigenvalue weighted by Gasteiger charge is 2.12. The molecule has 0 spiro atoms. The summed E-state index contributed by atoms with van der Waals surface area (Å²) >= 11 is 0. The summed E-state index contributed by atoms with van der Waals surface area (Å²) < 4.78 is 4.71. The molecule has 0 aliphatic heterocycles. The second-order valence-electron chi connectivity index (χ2n) is 2.43. The summed E-state index contributed by atoms with van der Waals surface area (Å²) in [5.41, 5.74) is 0.340. The third-order valence-corrected chi connectivity index (χ3v) is 2.68. The fraction of sp³-hybridized carbons (Fsp3) is 0.571. The van der Waals surface area contributed by atoms with Crippen molar-refractivity contribution in [2.45, 2.75) is 26.3 Å².